The molecule has 0 spiro atoms. The van der Waals surface area contributed by atoms with Gasteiger partial charge in [0.15, 0.2) is 0 Å². The Bertz CT molecular complexity index is 1310. The molecular formula is C25H27F3N4O3S. The van der Waals surface area contributed by atoms with Gasteiger partial charge in [0.25, 0.3) is 0 Å². The van der Waals surface area contributed by atoms with E-state index in [1.807, 2.05) is 6.92 Å². The average Bonchev–Trinajstić information content (AvgIpc) is 3.31. The molecule has 0 unspecified atom stereocenters. The van der Waals surface area contributed by atoms with E-state index in [2.05, 4.69) is 9.71 Å². The predicted molar refractivity (Wildman–Crippen MR) is 128 cm³/mol. The number of hydrogen-bond donors (Lipinski definition) is 1. The lowest BCUT2D eigenvalue weighted by Gasteiger charge is -2.32. The first-order valence-corrected chi connectivity index (χ1v) is 13.0. The van der Waals surface area contributed by atoms with Crippen molar-refractivity contribution in [1.29, 1.82) is 0 Å². The van der Waals surface area contributed by atoms with Crippen molar-refractivity contribution < 1.29 is 26.4 Å². The molecule has 1 amide bonds. The van der Waals surface area contributed by atoms with Crippen molar-refractivity contribution in [2.24, 2.45) is 0 Å². The lowest BCUT2D eigenvalue weighted by Crippen LogP contribution is -2.44. The number of halogens is 3. The molecule has 0 bridgehead atoms. The van der Waals surface area contributed by atoms with Crippen LogP contribution in [0, 0.1) is 6.92 Å². The van der Waals surface area contributed by atoms with Crippen LogP contribution in [0.25, 0.3) is 0 Å². The standard InChI is InChI=1S/C25H27F3N4O3S/c1-18-6-8-21(9-7-18)36(34,35)30-16-23(33)31-13-10-19(11-14-31)24-29-12-15-32(24)17-20-4-2-3-5-22(20)25(26,27)28/h2-9,12,15,19,30H,10-11,13-14,16-17H2,1H3. The number of aromatic nitrogens is 2. The van der Waals surface area contributed by atoms with E-state index >= 15 is 0 Å². The molecule has 1 aromatic heterocycles. The fourth-order valence-corrected chi connectivity index (χ4v) is 5.36. The lowest BCUT2D eigenvalue weighted by molar-refractivity contribution is -0.138. The minimum atomic E-state index is -4.44. The molecule has 1 aliphatic heterocycles. The monoisotopic (exact) mass is 520 g/mol. The van der Waals surface area contributed by atoms with Crippen LogP contribution in [0.4, 0.5) is 13.2 Å². The first kappa shape index (κ1) is 25.9. The number of carbonyl (C=O) groups excluding carboxylic acids is 1. The number of aryl methyl sites for hydroxylation is 1. The average molecular weight is 521 g/mol. The summed E-state index contributed by atoms with van der Waals surface area (Å²) in [5.74, 6) is 0.331. The summed E-state index contributed by atoms with van der Waals surface area (Å²) in [5.41, 5.74) is 0.425. The number of piperidine rings is 1. The van der Waals surface area contributed by atoms with Gasteiger partial charge in [-0.05, 0) is 43.5 Å². The topological polar surface area (TPSA) is 84.3 Å². The fraction of sp³-hybridized carbons (Fsp3) is 0.360. The number of imidazole rings is 1. The lowest BCUT2D eigenvalue weighted by atomic mass is 9.95. The highest BCUT2D eigenvalue weighted by molar-refractivity contribution is 7.89. The van der Waals surface area contributed by atoms with Crippen LogP contribution in [0.3, 0.4) is 0 Å². The van der Waals surface area contributed by atoms with Gasteiger partial charge in [-0.15, -0.1) is 0 Å². The molecule has 0 aliphatic carbocycles. The molecule has 1 aliphatic rings. The van der Waals surface area contributed by atoms with Gasteiger partial charge in [-0.25, -0.2) is 18.1 Å². The van der Waals surface area contributed by atoms with E-state index in [4.69, 9.17) is 0 Å². The first-order chi connectivity index (χ1) is 17.0. The Morgan fingerprint density at radius 2 is 1.75 bits per heavy atom. The van der Waals surface area contributed by atoms with Crippen molar-refractivity contribution in [2.75, 3.05) is 19.6 Å². The van der Waals surface area contributed by atoms with Crippen LogP contribution in [0.1, 0.15) is 41.3 Å². The van der Waals surface area contributed by atoms with Crippen LogP contribution in [-0.2, 0) is 27.5 Å². The maximum Gasteiger partial charge on any atom is 0.416 e. The van der Waals surface area contributed by atoms with Crippen LogP contribution in [0.2, 0.25) is 0 Å². The Morgan fingerprint density at radius 3 is 2.42 bits per heavy atom. The molecule has 192 valence electrons. The highest BCUT2D eigenvalue weighted by atomic mass is 32.2. The van der Waals surface area contributed by atoms with Crippen LogP contribution in [0.5, 0.6) is 0 Å². The second-order valence-corrected chi connectivity index (χ2v) is 10.6. The zero-order valence-corrected chi connectivity index (χ0v) is 20.5. The molecule has 0 saturated carbocycles. The Labute approximate surface area is 208 Å². The predicted octanol–water partition coefficient (Wildman–Crippen LogP) is 3.94. The van der Waals surface area contributed by atoms with Crippen molar-refractivity contribution in [3.8, 4) is 0 Å². The molecule has 0 atom stereocenters. The Kier molecular flexibility index (Phi) is 7.51. The molecule has 3 aromatic rings. The van der Waals surface area contributed by atoms with Gasteiger partial charge >= 0.3 is 6.18 Å². The second-order valence-electron chi connectivity index (χ2n) is 8.86. The number of benzene rings is 2. The maximum atomic E-state index is 13.4. The quantitative estimate of drug-likeness (QED) is 0.512. The van der Waals surface area contributed by atoms with E-state index < -0.39 is 21.8 Å². The van der Waals surface area contributed by atoms with Gasteiger partial charge in [0.1, 0.15) is 5.82 Å². The summed E-state index contributed by atoms with van der Waals surface area (Å²) < 4.78 is 69.2. The van der Waals surface area contributed by atoms with Crippen molar-refractivity contribution in [3.63, 3.8) is 0 Å². The van der Waals surface area contributed by atoms with Gasteiger partial charge in [0.05, 0.1) is 17.0 Å². The van der Waals surface area contributed by atoms with E-state index in [1.165, 1.54) is 24.3 Å². The molecular weight excluding hydrogens is 493 g/mol. The third-order valence-corrected chi connectivity index (χ3v) is 7.79. The third kappa shape index (κ3) is 5.96. The molecule has 1 saturated heterocycles. The number of nitrogens with one attached hydrogen (secondary N) is 1. The summed E-state index contributed by atoms with van der Waals surface area (Å²) in [6.07, 6.45) is -0.0461. The molecule has 0 radical (unpaired) electrons. The molecule has 1 fully saturated rings. The maximum absolute atomic E-state index is 13.4. The van der Waals surface area contributed by atoms with Gasteiger partial charge in [0, 0.05) is 37.9 Å². The van der Waals surface area contributed by atoms with E-state index in [-0.39, 0.29) is 35.4 Å². The largest absolute Gasteiger partial charge is 0.416 e. The zero-order valence-electron chi connectivity index (χ0n) is 19.7. The number of rotatable bonds is 7. The summed E-state index contributed by atoms with van der Waals surface area (Å²) in [6.45, 7) is 2.36. The van der Waals surface area contributed by atoms with Crippen LogP contribution < -0.4 is 4.72 Å². The van der Waals surface area contributed by atoms with Gasteiger partial charge in [-0.1, -0.05) is 35.9 Å². The number of amides is 1. The Hall–Kier alpha value is -3.18. The number of nitrogens with zero attached hydrogens (tertiary/aromatic N) is 3. The third-order valence-electron chi connectivity index (χ3n) is 6.37. The zero-order chi connectivity index (χ0) is 25.9. The SMILES string of the molecule is Cc1ccc(S(=O)(=O)NCC(=O)N2CCC(c3nccn3Cc3ccccc3C(F)(F)F)CC2)cc1. The molecule has 2 heterocycles. The van der Waals surface area contributed by atoms with Crippen LogP contribution >= 0.6 is 0 Å². The van der Waals surface area contributed by atoms with Gasteiger partial charge in [-0.2, -0.15) is 13.2 Å². The van der Waals surface area contributed by atoms with Crippen molar-refractivity contribution in [2.45, 2.75) is 43.3 Å². The molecule has 7 nitrogen and oxygen atoms in total. The molecule has 36 heavy (non-hydrogen) atoms. The van der Waals surface area contributed by atoms with Crippen molar-refractivity contribution in [3.05, 3.63) is 83.4 Å². The molecule has 11 heteroatoms. The van der Waals surface area contributed by atoms with Crippen molar-refractivity contribution >= 4 is 15.9 Å². The summed E-state index contributed by atoms with van der Waals surface area (Å²) in [5, 5.41) is 0. The summed E-state index contributed by atoms with van der Waals surface area (Å²) in [7, 11) is -3.80. The van der Waals surface area contributed by atoms with E-state index in [1.54, 1.807) is 40.1 Å². The highest BCUT2D eigenvalue weighted by Crippen LogP contribution is 2.33. The van der Waals surface area contributed by atoms with E-state index in [0.29, 0.717) is 31.8 Å². The van der Waals surface area contributed by atoms with Gasteiger partial charge in [-0.3, -0.25) is 4.79 Å². The van der Waals surface area contributed by atoms with E-state index in [9.17, 15) is 26.4 Å². The first-order valence-electron chi connectivity index (χ1n) is 11.5. The van der Waals surface area contributed by atoms with Crippen LogP contribution in [-0.4, -0.2) is 48.4 Å². The molecule has 4 rings (SSSR count). The number of sulfonamides is 1. The fourth-order valence-electron chi connectivity index (χ4n) is 4.39. The van der Waals surface area contributed by atoms with Crippen molar-refractivity contribution in [1.82, 2.24) is 19.2 Å². The number of alkyl halides is 3. The highest BCUT2D eigenvalue weighted by Gasteiger charge is 2.33. The summed E-state index contributed by atoms with van der Waals surface area (Å²) in [6, 6.07) is 11.8. The number of likely N-dealkylation sites (tertiary alicyclic amines) is 1. The number of hydrogen-bond acceptors (Lipinski definition) is 4. The second kappa shape index (κ2) is 10.4. The van der Waals surface area contributed by atoms with Gasteiger partial charge in [0.2, 0.25) is 15.9 Å². The van der Waals surface area contributed by atoms with Crippen LogP contribution in [0.15, 0.2) is 65.8 Å². The molecule has 2 aromatic carbocycles. The normalized spacial score (nSPS) is 15.3. The Morgan fingerprint density at radius 1 is 1.08 bits per heavy atom. The van der Waals surface area contributed by atoms with E-state index in [0.717, 1.165) is 11.6 Å². The minimum absolute atomic E-state index is 0.0219. The summed E-state index contributed by atoms with van der Waals surface area (Å²) >= 11 is 0. The Balaban J connectivity index is 1.35. The number of carbonyl (C=O) groups is 1. The molecule has 1 N–H and O–H groups in total. The summed E-state index contributed by atoms with van der Waals surface area (Å²) in [4.78, 5) is 18.7. The smallest absolute Gasteiger partial charge is 0.342 e. The minimum Gasteiger partial charge on any atom is -0.342 e. The van der Waals surface area contributed by atoms with Gasteiger partial charge < -0.3 is 9.47 Å².